The molecule has 1 fully saturated rings. The molecule has 0 spiro atoms. The second-order valence-corrected chi connectivity index (χ2v) is 4.41. The predicted molar refractivity (Wildman–Crippen MR) is 58.2 cm³/mol. The Morgan fingerprint density at radius 2 is 2.47 bits per heavy atom. The van der Waals surface area contributed by atoms with Gasteiger partial charge in [0.25, 0.3) is 0 Å². The van der Waals surface area contributed by atoms with Crippen LogP contribution in [0, 0.1) is 0 Å². The molecule has 84 valence electrons. The van der Waals surface area contributed by atoms with Gasteiger partial charge in [-0.25, -0.2) is 0 Å². The molecular weight excluding hydrogens is 190 g/mol. The molecule has 0 aliphatic carbocycles. The molecule has 1 atom stereocenters. The standard InChI is InChI=1S/C11H19N3O/c1-8(2)14-5-3-4-10(14)11-6-9(7-12)13-15-11/h6,8,10H,3-5,7,12H2,1-2H3. The Hall–Kier alpha value is -0.870. The smallest absolute Gasteiger partial charge is 0.154 e. The molecule has 15 heavy (non-hydrogen) atoms. The maximum Gasteiger partial charge on any atom is 0.154 e. The van der Waals surface area contributed by atoms with Gasteiger partial charge < -0.3 is 10.3 Å². The van der Waals surface area contributed by atoms with Crippen molar-refractivity contribution in [3.8, 4) is 0 Å². The van der Waals surface area contributed by atoms with Crippen LogP contribution in [-0.4, -0.2) is 22.6 Å². The van der Waals surface area contributed by atoms with E-state index in [0.717, 1.165) is 24.4 Å². The highest BCUT2D eigenvalue weighted by atomic mass is 16.5. The average molecular weight is 209 g/mol. The predicted octanol–water partition coefficient (Wildman–Crippen LogP) is 1.68. The summed E-state index contributed by atoms with van der Waals surface area (Å²) in [4.78, 5) is 2.46. The number of likely N-dealkylation sites (tertiary alicyclic amines) is 1. The molecule has 0 amide bonds. The molecule has 1 aromatic heterocycles. The monoisotopic (exact) mass is 209 g/mol. The Balaban J connectivity index is 2.15. The fourth-order valence-corrected chi connectivity index (χ4v) is 2.29. The SMILES string of the molecule is CC(C)N1CCCC1c1cc(CN)no1. The van der Waals surface area contributed by atoms with E-state index < -0.39 is 0 Å². The number of hydrogen-bond donors (Lipinski definition) is 1. The lowest BCUT2D eigenvalue weighted by atomic mass is 10.1. The molecule has 0 radical (unpaired) electrons. The van der Waals surface area contributed by atoms with Crippen molar-refractivity contribution in [2.45, 2.75) is 45.3 Å². The van der Waals surface area contributed by atoms with Crippen LogP contribution in [0.15, 0.2) is 10.6 Å². The van der Waals surface area contributed by atoms with Crippen LogP contribution in [0.2, 0.25) is 0 Å². The first-order chi connectivity index (χ1) is 7.22. The summed E-state index contributed by atoms with van der Waals surface area (Å²) in [7, 11) is 0. The van der Waals surface area contributed by atoms with Crippen molar-refractivity contribution in [1.29, 1.82) is 0 Å². The molecule has 1 saturated heterocycles. The molecule has 0 aromatic carbocycles. The Kier molecular flexibility index (Phi) is 3.07. The highest BCUT2D eigenvalue weighted by Crippen LogP contribution is 2.33. The van der Waals surface area contributed by atoms with Gasteiger partial charge >= 0.3 is 0 Å². The number of nitrogens with zero attached hydrogens (tertiary/aromatic N) is 2. The van der Waals surface area contributed by atoms with Gasteiger partial charge in [0.05, 0.1) is 11.7 Å². The van der Waals surface area contributed by atoms with Crippen LogP contribution in [0.25, 0.3) is 0 Å². The van der Waals surface area contributed by atoms with E-state index in [1.54, 1.807) is 0 Å². The van der Waals surface area contributed by atoms with E-state index in [-0.39, 0.29) is 0 Å². The molecule has 1 aliphatic rings. The molecule has 0 bridgehead atoms. The second kappa shape index (κ2) is 4.33. The van der Waals surface area contributed by atoms with Crippen LogP contribution in [0.3, 0.4) is 0 Å². The zero-order chi connectivity index (χ0) is 10.8. The van der Waals surface area contributed by atoms with Crippen LogP contribution in [0.4, 0.5) is 0 Å². The molecule has 2 heterocycles. The first kappa shape index (κ1) is 10.6. The van der Waals surface area contributed by atoms with Crippen LogP contribution in [-0.2, 0) is 6.54 Å². The largest absolute Gasteiger partial charge is 0.359 e. The number of nitrogens with two attached hydrogens (primary N) is 1. The van der Waals surface area contributed by atoms with E-state index in [0.29, 0.717) is 18.6 Å². The summed E-state index contributed by atoms with van der Waals surface area (Å²) in [5, 5.41) is 3.95. The van der Waals surface area contributed by atoms with Crippen molar-refractivity contribution >= 4 is 0 Å². The average Bonchev–Trinajstić information content (AvgIpc) is 2.85. The number of aromatic nitrogens is 1. The molecule has 4 heteroatoms. The summed E-state index contributed by atoms with van der Waals surface area (Å²) in [5.41, 5.74) is 6.37. The van der Waals surface area contributed by atoms with E-state index >= 15 is 0 Å². The van der Waals surface area contributed by atoms with Gasteiger partial charge in [0, 0.05) is 18.7 Å². The lowest BCUT2D eigenvalue weighted by molar-refractivity contribution is 0.174. The van der Waals surface area contributed by atoms with Gasteiger partial charge in [-0.15, -0.1) is 0 Å². The lowest BCUT2D eigenvalue weighted by Crippen LogP contribution is -2.29. The summed E-state index contributed by atoms with van der Waals surface area (Å²) < 4.78 is 5.35. The highest BCUT2D eigenvalue weighted by molar-refractivity contribution is 5.11. The van der Waals surface area contributed by atoms with Crippen LogP contribution < -0.4 is 5.73 Å². The van der Waals surface area contributed by atoms with Crippen LogP contribution in [0.5, 0.6) is 0 Å². The van der Waals surface area contributed by atoms with Crippen molar-refractivity contribution in [2.24, 2.45) is 5.73 Å². The second-order valence-electron chi connectivity index (χ2n) is 4.41. The third-order valence-corrected chi connectivity index (χ3v) is 3.07. The zero-order valence-electron chi connectivity index (χ0n) is 9.44. The van der Waals surface area contributed by atoms with Crippen LogP contribution >= 0.6 is 0 Å². The topological polar surface area (TPSA) is 55.3 Å². The minimum atomic E-state index is 0.401. The fourth-order valence-electron chi connectivity index (χ4n) is 2.29. The van der Waals surface area contributed by atoms with E-state index in [9.17, 15) is 0 Å². The van der Waals surface area contributed by atoms with Crippen LogP contribution in [0.1, 0.15) is 44.2 Å². The van der Waals surface area contributed by atoms with E-state index in [1.165, 1.54) is 6.42 Å². The fraction of sp³-hybridized carbons (Fsp3) is 0.727. The number of hydrogen-bond acceptors (Lipinski definition) is 4. The maximum atomic E-state index is 5.52. The van der Waals surface area contributed by atoms with Crippen molar-refractivity contribution < 1.29 is 4.52 Å². The zero-order valence-corrected chi connectivity index (χ0v) is 9.44. The normalized spacial score (nSPS) is 22.8. The number of rotatable bonds is 3. The summed E-state index contributed by atoms with van der Waals surface area (Å²) in [6.45, 7) is 6.05. The minimum Gasteiger partial charge on any atom is -0.359 e. The van der Waals surface area contributed by atoms with E-state index in [1.807, 2.05) is 6.07 Å². The van der Waals surface area contributed by atoms with E-state index in [4.69, 9.17) is 10.3 Å². The first-order valence-corrected chi connectivity index (χ1v) is 5.63. The Morgan fingerprint density at radius 1 is 1.67 bits per heavy atom. The molecule has 2 rings (SSSR count). The Bertz CT molecular complexity index is 321. The van der Waals surface area contributed by atoms with Gasteiger partial charge in [-0.05, 0) is 33.2 Å². The molecular formula is C11H19N3O. The maximum absolute atomic E-state index is 5.52. The first-order valence-electron chi connectivity index (χ1n) is 5.63. The van der Waals surface area contributed by atoms with Gasteiger partial charge in [0.1, 0.15) is 0 Å². The van der Waals surface area contributed by atoms with Crippen molar-refractivity contribution in [1.82, 2.24) is 10.1 Å². The van der Waals surface area contributed by atoms with Gasteiger partial charge in [0.2, 0.25) is 0 Å². The molecule has 2 N–H and O–H groups in total. The van der Waals surface area contributed by atoms with E-state index in [2.05, 4.69) is 23.9 Å². The molecule has 1 aromatic rings. The lowest BCUT2D eigenvalue weighted by Gasteiger charge is -2.26. The van der Waals surface area contributed by atoms with Gasteiger partial charge in [-0.2, -0.15) is 0 Å². The molecule has 0 saturated carbocycles. The molecule has 1 unspecified atom stereocenters. The third-order valence-electron chi connectivity index (χ3n) is 3.07. The van der Waals surface area contributed by atoms with Gasteiger partial charge in [-0.3, -0.25) is 4.90 Å². The summed E-state index contributed by atoms with van der Waals surface area (Å²) in [5.74, 6) is 0.974. The quantitative estimate of drug-likeness (QED) is 0.823. The van der Waals surface area contributed by atoms with Crippen molar-refractivity contribution in [3.63, 3.8) is 0 Å². The summed E-state index contributed by atoms with van der Waals surface area (Å²) in [6.07, 6.45) is 2.40. The van der Waals surface area contributed by atoms with Crippen molar-refractivity contribution in [3.05, 3.63) is 17.5 Å². The summed E-state index contributed by atoms with van der Waals surface area (Å²) in [6, 6.07) is 2.95. The van der Waals surface area contributed by atoms with Crippen molar-refractivity contribution in [2.75, 3.05) is 6.54 Å². The van der Waals surface area contributed by atoms with Gasteiger partial charge in [0.15, 0.2) is 5.76 Å². The molecule has 1 aliphatic heterocycles. The third kappa shape index (κ3) is 2.06. The highest BCUT2D eigenvalue weighted by Gasteiger charge is 2.30. The Morgan fingerprint density at radius 3 is 3.07 bits per heavy atom. The minimum absolute atomic E-state index is 0.401. The Labute approximate surface area is 90.4 Å². The van der Waals surface area contributed by atoms with Gasteiger partial charge in [-0.1, -0.05) is 5.16 Å². The summed E-state index contributed by atoms with van der Waals surface area (Å²) >= 11 is 0. The molecule has 4 nitrogen and oxygen atoms in total.